The first-order chi connectivity index (χ1) is 11.8. The fourth-order valence-electron chi connectivity index (χ4n) is 3.54. The number of hydrogen-bond acceptors (Lipinski definition) is 5. The van der Waals surface area contributed by atoms with Gasteiger partial charge in [-0.3, -0.25) is 14.6 Å². The van der Waals surface area contributed by atoms with Crippen LogP contribution in [0, 0.1) is 22.6 Å². The highest BCUT2D eigenvalue weighted by Crippen LogP contribution is 2.41. The molecule has 1 atom stereocenters. The Morgan fingerprint density at radius 1 is 1.48 bits per heavy atom. The quantitative estimate of drug-likeness (QED) is 0.777. The van der Waals surface area contributed by atoms with Crippen LogP contribution in [0.3, 0.4) is 0 Å². The van der Waals surface area contributed by atoms with Crippen LogP contribution in [-0.2, 0) is 9.53 Å². The second-order valence-electron chi connectivity index (χ2n) is 7.06. The maximum Gasteiger partial charge on any atom is 0.258 e. The molecule has 2 aliphatic rings. The fraction of sp³-hybridized carbons (Fsp3) is 0.444. The average molecular weight is 343 g/mol. The van der Waals surface area contributed by atoms with Gasteiger partial charge in [0.05, 0.1) is 24.3 Å². The average Bonchev–Trinajstić information content (AvgIpc) is 2.58. The number of carbonyl (C=O) groups is 2. The van der Waals surface area contributed by atoms with Crippen molar-refractivity contribution in [3.05, 3.63) is 41.5 Å². The number of nitriles is 1. The minimum Gasteiger partial charge on any atom is -0.367 e. The largest absolute Gasteiger partial charge is 0.367 e. The lowest BCUT2D eigenvalue weighted by Crippen LogP contribution is -2.57. The third-order valence-corrected chi connectivity index (χ3v) is 4.62. The number of Topliss-reactive ketones (excluding diaryl/α,β-unsaturated/α-hetero) is 1. The van der Waals surface area contributed by atoms with Gasteiger partial charge in [-0.05, 0) is 18.6 Å². The van der Waals surface area contributed by atoms with Gasteiger partial charge in [0.25, 0.3) is 5.91 Å². The van der Waals surface area contributed by atoms with Crippen molar-refractivity contribution >= 4 is 11.7 Å². The lowest BCUT2D eigenvalue weighted by atomic mass is 9.69. The molecular weight excluding hydrogens is 325 g/mol. The van der Waals surface area contributed by atoms with E-state index < -0.39 is 22.7 Å². The van der Waals surface area contributed by atoms with Gasteiger partial charge >= 0.3 is 0 Å². The number of ketones is 1. The first-order valence-electron chi connectivity index (χ1n) is 7.98. The van der Waals surface area contributed by atoms with Crippen LogP contribution >= 0.6 is 0 Å². The normalized spacial score (nSPS) is 25.4. The Hall–Kier alpha value is -2.59. The van der Waals surface area contributed by atoms with Crippen LogP contribution in [0.15, 0.2) is 30.1 Å². The van der Waals surface area contributed by atoms with Crippen LogP contribution in [-0.4, -0.2) is 46.9 Å². The van der Waals surface area contributed by atoms with E-state index in [1.165, 1.54) is 23.4 Å². The molecule has 1 unspecified atom stereocenters. The number of halogens is 1. The van der Waals surface area contributed by atoms with Crippen LogP contribution in [0.4, 0.5) is 4.39 Å². The highest BCUT2D eigenvalue weighted by molar-refractivity contribution is 6.04. The number of morpholine rings is 1. The topological polar surface area (TPSA) is 83.3 Å². The summed E-state index contributed by atoms with van der Waals surface area (Å²) >= 11 is 0. The van der Waals surface area contributed by atoms with Crippen LogP contribution in [0.2, 0.25) is 0 Å². The molecule has 1 aliphatic carbocycles. The van der Waals surface area contributed by atoms with Gasteiger partial charge in [0.1, 0.15) is 17.5 Å². The number of hydrogen-bond donors (Lipinski definition) is 0. The van der Waals surface area contributed by atoms with Gasteiger partial charge in [-0.2, -0.15) is 5.26 Å². The molecule has 1 aromatic heterocycles. The van der Waals surface area contributed by atoms with Gasteiger partial charge in [0.15, 0.2) is 5.78 Å². The molecule has 2 heterocycles. The molecule has 0 saturated carbocycles. The molecule has 6 nitrogen and oxygen atoms in total. The minimum absolute atomic E-state index is 0.0399. The summed E-state index contributed by atoms with van der Waals surface area (Å²) in [5, 5.41) is 9.26. The number of rotatable bonds is 1. The molecule has 1 fully saturated rings. The Morgan fingerprint density at radius 2 is 2.24 bits per heavy atom. The lowest BCUT2D eigenvalue weighted by molar-refractivity contribution is -0.134. The molecule has 1 saturated heterocycles. The summed E-state index contributed by atoms with van der Waals surface area (Å²) in [5.41, 5.74) is -1.76. The third-order valence-electron chi connectivity index (χ3n) is 4.62. The highest BCUT2D eigenvalue weighted by Gasteiger charge is 2.48. The number of allylic oxidation sites excluding steroid dienone is 1. The van der Waals surface area contributed by atoms with E-state index in [0.29, 0.717) is 13.0 Å². The van der Waals surface area contributed by atoms with Crippen LogP contribution in [0.25, 0.3) is 0 Å². The molecule has 0 bridgehead atoms. The van der Waals surface area contributed by atoms with Gasteiger partial charge in [-0.15, -0.1) is 0 Å². The Balaban J connectivity index is 1.92. The molecular formula is C18H18FN3O3. The molecule has 130 valence electrons. The van der Waals surface area contributed by atoms with E-state index in [1.54, 1.807) is 13.8 Å². The van der Waals surface area contributed by atoms with Crippen molar-refractivity contribution < 1.29 is 18.7 Å². The monoisotopic (exact) mass is 343 g/mol. The van der Waals surface area contributed by atoms with Gasteiger partial charge < -0.3 is 9.64 Å². The van der Waals surface area contributed by atoms with E-state index in [9.17, 15) is 19.2 Å². The van der Waals surface area contributed by atoms with E-state index in [1.807, 2.05) is 6.07 Å². The fourth-order valence-corrected chi connectivity index (χ4v) is 3.54. The van der Waals surface area contributed by atoms with Crippen LogP contribution in [0.5, 0.6) is 0 Å². The van der Waals surface area contributed by atoms with Crippen LogP contribution in [0.1, 0.15) is 30.6 Å². The van der Waals surface area contributed by atoms with Crippen molar-refractivity contribution in [2.45, 2.75) is 25.9 Å². The molecule has 25 heavy (non-hydrogen) atoms. The van der Waals surface area contributed by atoms with Gasteiger partial charge in [-0.25, -0.2) is 4.39 Å². The van der Waals surface area contributed by atoms with Crippen LogP contribution < -0.4 is 0 Å². The maximum absolute atomic E-state index is 13.9. The number of carbonyl (C=O) groups excluding carboxylic acids is 2. The molecule has 0 aromatic carbocycles. The minimum atomic E-state index is -0.922. The maximum atomic E-state index is 13.9. The highest BCUT2D eigenvalue weighted by atomic mass is 19.1. The standard InChI is InChI=1S/C18H18FN3O3/c1-17(2)10-18(7-12(8-20)15(17)23)11-22(5-6-25-18)16(24)13-9-21-4-3-14(13)19/h3-4,7,9H,5-6,10-11H2,1-2H3. The van der Waals surface area contributed by atoms with Gasteiger partial charge in [0, 0.05) is 24.4 Å². The molecule has 0 N–H and O–H groups in total. The van der Waals surface area contributed by atoms with E-state index in [2.05, 4.69) is 4.98 Å². The predicted octanol–water partition coefficient (Wildman–Crippen LogP) is 1.88. The van der Waals surface area contributed by atoms with E-state index in [0.717, 1.165) is 6.07 Å². The van der Waals surface area contributed by atoms with E-state index in [4.69, 9.17) is 4.74 Å². The molecule has 3 rings (SSSR count). The molecule has 1 aromatic rings. The lowest BCUT2D eigenvalue weighted by Gasteiger charge is -2.46. The van der Waals surface area contributed by atoms with Crippen molar-refractivity contribution in [2.24, 2.45) is 5.41 Å². The summed E-state index contributed by atoms with van der Waals surface area (Å²) in [5.74, 6) is -1.34. The van der Waals surface area contributed by atoms with Crippen molar-refractivity contribution in [1.29, 1.82) is 5.26 Å². The van der Waals surface area contributed by atoms with E-state index in [-0.39, 0.29) is 30.1 Å². The Labute approximate surface area is 144 Å². The Kier molecular flexibility index (Phi) is 4.17. The zero-order valence-corrected chi connectivity index (χ0v) is 14.1. The van der Waals surface area contributed by atoms with Crippen molar-refractivity contribution in [1.82, 2.24) is 9.88 Å². The second kappa shape index (κ2) is 6.05. The molecule has 1 amide bonds. The summed E-state index contributed by atoms with van der Waals surface area (Å²) < 4.78 is 19.8. The molecule has 1 aliphatic heterocycles. The smallest absolute Gasteiger partial charge is 0.258 e. The van der Waals surface area contributed by atoms with Crippen molar-refractivity contribution in [3.63, 3.8) is 0 Å². The first-order valence-corrected chi connectivity index (χ1v) is 7.98. The molecule has 1 spiro atoms. The summed E-state index contributed by atoms with van der Waals surface area (Å²) in [6.45, 7) is 4.22. The number of ether oxygens (including phenoxy) is 1. The zero-order valence-electron chi connectivity index (χ0n) is 14.1. The summed E-state index contributed by atoms with van der Waals surface area (Å²) in [6.07, 6.45) is 4.34. The summed E-state index contributed by atoms with van der Waals surface area (Å²) in [4.78, 5) is 30.3. The Bertz CT molecular complexity index is 812. The molecule has 0 radical (unpaired) electrons. The molecule has 7 heteroatoms. The SMILES string of the molecule is CC1(C)CC2(C=C(C#N)C1=O)CN(C(=O)c1cnccc1F)CCO2. The number of aromatic nitrogens is 1. The number of pyridine rings is 1. The number of amides is 1. The van der Waals surface area contributed by atoms with Crippen molar-refractivity contribution in [3.8, 4) is 6.07 Å². The van der Waals surface area contributed by atoms with Crippen molar-refractivity contribution in [2.75, 3.05) is 19.7 Å². The van der Waals surface area contributed by atoms with Gasteiger partial charge in [-0.1, -0.05) is 13.8 Å². The number of nitrogens with zero attached hydrogens (tertiary/aromatic N) is 3. The summed E-state index contributed by atoms with van der Waals surface area (Å²) in [7, 11) is 0. The second-order valence-corrected chi connectivity index (χ2v) is 7.06. The predicted molar refractivity (Wildman–Crippen MR) is 85.9 cm³/mol. The zero-order chi connectivity index (χ0) is 18.2. The van der Waals surface area contributed by atoms with Gasteiger partial charge in [0.2, 0.25) is 0 Å². The Morgan fingerprint density at radius 3 is 2.92 bits per heavy atom. The summed E-state index contributed by atoms with van der Waals surface area (Å²) in [6, 6.07) is 3.06. The van der Waals surface area contributed by atoms with E-state index >= 15 is 0 Å². The first kappa shape index (κ1) is 17.2. The third kappa shape index (κ3) is 3.05.